The summed E-state index contributed by atoms with van der Waals surface area (Å²) in [5.74, 6) is -0.294. The van der Waals surface area contributed by atoms with Crippen molar-refractivity contribution in [3.63, 3.8) is 0 Å². The van der Waals surface area contributed by atoms with Crippen LogP contribution in [0.5, 0.6) is 0 Å². The van der Waals surface area contributed by atoms with E-state index < -0.39 is 6.10 Å². The Morgan fingerprint density at radius 1 is 1.11 bits per heavy atom. The minimum absolute atomic E-state index is 0.294. The van der Waals surface area contributed by atoms with Crippen LogP contribution in [0.2, 0.25) is 0 Å². The molecule has 0 aliphatic heterocycles. The first-order valence-electron chi connectivity index (χ1n) is 5.86. The number of aliphatic hydroxyl groups is 1. The second-order valence-electron chi connectivity index (χ2n) is 4.62. The lowest BCUT2D eigenvalue weighted by molar-refractivity contribution is 0.213. The third-order valence-electron chi connectivity index (χ3n) is 3.04. The van der Waals surface area contributed by atoms with Gasteiger partial charge in [-0.1, -0.05) is 12.1 Å². The summed E-state index contributed by atoms with van der Waals surface area (Å²) in [6, 6.07) is 6.36. The van der Waals surface area contributed by atoms with E-state index in [-0.39, 0.29) is 5.82 Å². The van der Waals surface area contributed by atoms with Gasteiger partial charge < -0.3 is 5.11 Å². The SMILES string of the molecule is Cc1cnc(C(O)c2ccc(F)cc2C)c(C)c1. The molecule has 0 saturated heterocycles. The summed E-state index contributed by atoms with van der Waals surface area (Å²) in [4.78, 5) is 4.27. The Hall–Kier alpha value is -1.74. The van der Waals surface area contributed by atoms with Crippen molar-refractivity contribution in [3.05, 3.63) is 64.2 Å². The summed E-state index contributed by atoms with van der Waals surface area (Å²) in [6.45, 7) is 5.65. The predicted molar refractivity (Wildman–Crippen MR) is 68.9 cm³/mol. The van der Waals surface area contributed by atoms with E-state index in [9.17, 15) is 9.50 Å². The summed E-state index contributed by atoms with van der Waals surface area (Å²) in [7, 11) is 0. The van der Waals surface area contributed by atoms with Gasteiger partial charge in [-0.05, 0) is 55.2 Å². The van der Waals surface area contributed by atoms with Crippen LogP contribution in [0.1, 0.15) is 34.1 Å². The molecule has 1 aromatic heterocycles. The van der Waals surface area contributed by atoms with E-state index in [4.69, 9.17) is 0 Å². The monoisotopic (exact) mass is 245 g/mol. The van der Waals surface area contributed by atoms with Crippen molar-refractivity contribution in [2.45, 2.75) is 26.9 Å². The zero-order chi connectivity index (χ0) is 13.3. The van der Waals surface area contributed by atoms with Crippen molar-refractivity contribution < 1.29 is 9.50 Å². The van der Waals surface area contributed by atoms with Crippen molar-refractivity contribution in [3.8, 4) is 0 Å². The molecule has 0 aliphatic rings. The van der Waals surface area contributed by atoms with Gasteiger partial charge in [-0.3, -0.25) is 4.98 Å². The summed E-state index contributed by atoms with van der Waals surface area (Å²) < 4.78 is 13.0. The topological polar surface area (TPSA) is 33.1 Å². The molecule has 0 aliphatic carbocycles. The lowest BCUT2D eigenvalue weighted by Crippen LogP contribution is -2.07. The van der Waals surface area contributed by atoms with E-state index in [0.29, 0.717) is 11.3 Å². The van der Waals surface area contributed by atoms with Crippen LogP contribution >= 0.6 is 0 Å². The van der Waals surface area contributed by atoms with Gasteiger partial charge in [0.25, 0.3) is 0 Å². The Bertz CT molecular complexity index is 529. The molecular formula is C15H16FNO. The Labute approximate surface area is 106 Å². The lowest BCUT2D eigenvalue weighted by atomic mass is 9.98. The van der Waals surface area contributed by atoms with E-state index in [1.54, 1.807) is 19.2 Å². The maximum absolute atomic E-state index is 13.0. The maximum Gasteiger partial charge on any atom is 0.123 e. The van der Waals surface area contributed by atoms with Crippen molar-refractivity contribution in [1.29, 1.82) is 0 Å². The average molecular weight is 245 g/mol. The van der Waals surface area contributed by atoms with Gasteiger partial charge in [0.15, 0.2) is 0 Å². The molecule has 0 bridgehead atoms. The minimum Gasteiger partial charge on any atom is -0.382 e. The fourth-order valence-corrected chi connectivity index (χ4v) is 2.11. The van der Waals surface area contributed by atoms with Gasteiger partial charge in [-0.15, -0.1) is 0 Å². The first-order chi connectivity index (χ1) is 8.49. The zero-order valence-corrected chi connectivity index (χ0v) is 10.7. The first-order valence-corrected chi connectivity index (χ1v) is 5.86. The Morgan fingerprint density at radius 3 is 2.44 bits per heavy atom. The van der Waals surface area contributed by atoms with E-state index >= 15 is 0 Å². The van der Waals surface area contributed by atoms with Crippen LogP contribution in [0.4, 0.5) is 4.39 Å². The third kappa shape index (κ3) is 2.41. The highest BCUT2D eigenvalue weighted by atomic mass is 19.1. The molecule has 94 valence electrons. The number of aryl methyl sites for hydroxylation is 3. The van der Waals surface area contributed by atoms with E-state index in [2.05, 4.69) is 4.98 Å². The third-order valence-corrected chi connectivity index (χ3v) is 3.04. The molecule has 1 atom stereocenters. The van der Waals surface area contributed by atoms with E-state index in [1.807, 2.05) is 19.9 Å². The number of halogens is 1. The number of hydrogen-bond donors (Lipinski definition) is 1. The van der Waals surface area contributed by atoms with Crippen molar-refractivity contribution in [2.75, 3.05) is 0 Å². The molecule has 2 aromatic rings. The van der Waals surface area contributed by atoms with Crippen LogP contribution in [0.15, 0.2) is 30.5 Å². The molecular weight excluding hydrogens is 229 g/mol. The van der Waals surface area contributed by atoms with Crippen LogP contribution in [0, 0.1) is 26.6 Å². The number of aromatic nitrogens is 1. The first kappa shape index (κ1) is 12.7. The van der Waals surface area contributed by atoms with Gasteiger partial charge in [0.2, 0.25) is 0 Å². The molecule has 0 saturated carbocycles. The fraction of sp³-hybridized carbons (Fsp3) is 0.267. The van der Waals surface area contributed by atoms with Crippen LogP contribution in [0.25, 0.3) is 0 Å². The lowest BCUT2D eigenvalue weighted by Gasteiger charge is -2.15. The van der Waals surface area contributed by atoms with Crippen LogP contribution in [-0.4, -0.2) is 10.1 Å². The molecule has 0 radical (unpaired) electrons. The van der Waals surface area contributed by atoms with Gasteiger partial charge in [0.1, 0.15) is 11.9 Å². The number of aliphatic hydroxyl groups excluding tert-OH is 1. The number of nitrogens with zero attached hydrogens (tertiary/aromatic N) is 1. The summed E-state index contributed by atoms with van der Waals surface area (Å²) >= 11 is 0. The zero-order valence-electron chi connectivity index (χ0n) is 10.7. The van der Waals surface area contributed by atoms with Gasteiger partial charge >= 0.3 is 0 Å². The van der Waals surface area contributed by atoms with Gasteiger partial charge in [-0.25, -0.2) is 4.39 Å². The van der Waals surface area contributed by atoms with Gasteiger partial charge in [0, 0.05) is 6.20 Å². The highest BCUT2D eigenvalue weighted by molar-refractivity contribution is 5.36. The Balaban J connectivity index is 2.44. The highest BCUT2D eigenvalue weighted by Crippen LogP contribution is 2.26. The molecule has 2 rings (SSSR count). The standard InChI is InChI=1S/C15H16FNO/c1-9-6-11(3)14(17-8-9)15(18)13-5-4-12(16)7-10(13)2/h4-8,15,18H,1-3H3. The molecule has 1 aromatic carbocycles. The molecule has 1 N–H and O–H groups in total. The molecule has 0 spiro atoms. The molecule has 18 heavy (non-hydrogen) atoms. The van der Waals surface area contributed by atoms with Crippen LogP contribution < -0.4 is 0 Å². The number of rotatable bonds is 2. The van der Waals surface area contributed by atoms with Crippen molar-refractivity contribution in [2.24, 2.45) is 0 Å². The Morgan fingerprint density at radius 2 is 1.83 bits per heavy atom. The second-order valence-corrected chi connectivity index (χ2v) is 4.62. The van der Waals surface area contributed by atoms with E-state index in [1.165, 1.54) is 12.1 Å². The van der Waals surface area contributed by atoms with Gasteiger partial charge in [0.05, 0.1) is 5.69 Å². The molecule has 2 nitrogen and oxygen atoms in total. The smallest absolute Gasteiger partial charge is 0.123 e. The Kier molecular flexibility index (Phi) is 3.43. The molecule has 0 amide bonds. The summed E-state index contributed by atoms with van der Waals surface area (Å²) in [6.07, 6.45) is 0.913. The summed E-state index contributed by atoms with van der Waals surface area (Å²) in [5, 5.41) is 10.4. The predicted octanol–water partition coefficient (Wildman–Crippen LogP) is 3.23. The molecule has 0 fully saturated rings. The average Bonchev–Trinajstić information content (AvgIpc) is 2.28. The molecule has 1 unspecified atom stereocenters. The molecule has 1 heterocycles. The fourth-order valence-electron chi connectivity index (χ4n) is 2.11. The van der Waals surface area contributed by atoms with Crippen LogP contribution in [0.3, 0.4) is 0 Å². The van der Waals surface area contributed by atoms with E-state index in [0.717, 1.165) is 16.7 Å². The number of pyridine rings is 1. The van der Waals surface area contributed by atoms with Crippen molar-refractivity contribution >= 4 is 0 Å². The highest BCUT2D eigenvalue weighted by Gasteiger charge is 2.16. The maximum atomic E-state index is 13.0. The molecule has 3 heteroatoms. The normalized spacial score (nSPS) is 12.5. The largest absolute Gasteiger partial charge is 0.382 e. The number of hydrogen-bond acceptors (Lipinski definition) is 2. The second kappa shape index (κ2) is 4.86. The quantitative estimate of drug-likeness (QED) is 0.881. The number of benzene rings is 1. The van der Waals surface area contributed by atoms with Crippen molar-refractivity contribution in [1.82, 2.24) is 4.98 Å². The minimum atomic E-state index is -0.814. The van der Waals surface area contributed by atoms with Gasteiger partial charge in [-0.2, -0.15) is 0 Å². The summed E-state index contributed by atoms with van der Waals surface area (Å²) in [5.41, 5.74) is 4.03. The van der Waals surface area contributed by atoms with Crippen LogP contribution in [-0.2, 0) is 0 Å².